The first-order valence-electron chi connectivity index (χ1n) is 6.55. The second kappa shape index (κ2) is 6.96. The van der Waals surface area contributed by atoms with Gasteiger partial charge in [0.1, 0.15) is 0 Å². The second-order valence-electron chi connectivity index (χ2n) is 5.07. The van der Waals surface area contributed by atoms with Crippen molar-refractivity contribution in [2.45, 2.75) is 45.2 Å². The van der Waals surface area contributed by atoms with Crippen molar-refractivity contribution < 1.29 is 4.79 Å². The summed E-state index contributed by atoms with van der Waals surface area (Å²) in [6.07, 6.45) is 5.40. The Morgan fingerprint density at radius 2 is 1.79 bits per heavy atom. The van der Waals surface area contributed by atoms with Crippen molar-refractivity contribution in [1.29, 1.82) is 0 Å². The number of nitrogens with two attached hydrogens (primary N) is 1. The minimum absolute atomic E-state index is 0.0717. The molecule has 1 amide bonds. The first-order valence-corrected chi connectivity index (χ1v) is 6.55. The van der Waals surface area contributed by atoms with Gasteiger partial charge >= 0.3 is 0 Å². The van der Waals surface area contributed by atoms with E-state index >= 15 is 0 Å². The second-order valence-corrected chi connectivity index (χ2v) is 5.07. The average molecular weight is 258 g/mol. The van der Waals surface area contributed by atoms with Crippen molar-refractivity contribution in [2.24, 2.45) is 5.73 Å². The minimum Gasteiger partial charge on any atom is -0.348 e. The molecular weight excluding hydrogens is 236 g/mol. The van der Waals surface area contributed by atoms with Gasteiger partial charge in [-0.15, -0.1) is 12.3 Å². The van der Waals surface area contributed by atoms with E-state index < -0.39 is 6.04 Å². The van der Waals surface area contributed by atoms with E-state index in [1.54, 1.807) is 0 Å². The molecular formula is C16H22N2O. The molecule has 0 saturated heterocycles. The summed E-state index contributed by atoms with van der Waals surface area (Å²) in [5, 5.41) is 2.87. The van der Waals surface area contributed by atoms with Gasteiger partial charge < -0.3 is 11.1 Å². The van der Waals surface area contributed by atoms with Gasteiger partial charge in [0, 0.05) is 6.42 Å². The largest absolute Gasteiger partial charge is 0.348 e. The molecule has 0 spiro atoms. The highest BCUT2D eigenvalue weighted by atomic mass is 16.2. The van der Waals surface area contributed by atoms with Crippen LogP contribution in [0.5, 0.6) is 0 Å². The zero-order valence-corrected chi connectivity index (χ0v) is 11.8. The first-order chi connectivity index (χ1) is 8.95. The Labute approximate surface area is 115 Å². The number of carbonyl (C=O) groups excluding carboxylic acids is 1. The number of hydrogen-bond acceptors (Lipinski definition) is 2. The van der Waals surface area contributed by atoms with Gasteiger partial charge in [0.15, 0.2) is 0 Å². The lowest BCUT2D eigenvalue weighted by atomic mass is 9.99. The normalized spacial score (nSPS) is 13.7. The van der Waals surface area contributed by atoms with Crippen LogP contribution in [-0.2, 0) is 4.79 Å². The fourth-order valence-corrected chi connectivity index (χ4v) is 1.79. The lowest BCUT2D eigenvalue weighted by Crippen LogP contribution is -2.41. The Bertz CT molecular complexity index is 457. The van der Waals surface area contributed by atoms with E-state index in [-0.39, 0.29) is 18.4 Å². The highest BCUT2D eigenvalue weighted by Crippen LogP contribution is 2.18. The first kappa shape index (κ1) is 15.3. The van der Waals surface area contributed by atoms with E-state index in [2.05, 4.69) is 37.2 Å². The standard InChI is InChI=1S/C16H22N2O/c1-5-6-15(17)16(19)18-12(4)14-9-7-13(8-10-14)11(2)3/h1,7-12,15H,6,17H2,2-4H3,(H,18,19). The predicted molar refractivity (Wildman–Crippen MR) is 78.5 cm³/mol. The van der Waals surface area contributed by atoms with Crippen molar-refractivity contribution >= 4 is 5.91 Å². The maximum absolute atomic E-state index is 11.8. The van der Waals surface area contributed by atoms with E-state index in [1.807, 2.05) is 19.1 Å². The van der Waals surface area contributed by atoms with E-state index in [4.69, 9.17) is 12.2 Å². The predicted octanol–water partition coefficient (Wildman–Crippen LogP) is 2.34. The molecule has 3 nitrogen and oxygen atoms in total. The third-order valence-corrected chi connectivity index (χ3v) is 3.14. The highest BCUT2D eigenvalue weighted by Gasteiger charge is 2.15. The Morgan fingerprint density at radius 1 is 1.26 bits per heavy atom. The van der Waals surface area contributed by atoms with Gasteiger partial charge in [-0.25, -0.2) is 0 Å². The molecule has 0 radical (unpaired) electrons. The SMILES string of the molecule is C#CCC(N)C(=O)NC(C)c1ccc(C(C)C)cc1. The van der Waals surface area contributed by atoms with Crippen LogP contribution in [0.15, 0.2) is 24.3 Å². The van der Waals surface area contributed by atoms with Crippen molar-refractivity contribution in [3.63, 3.8) is 0 Å². The van der Waals surface area contributed by atoms with Crippen molar-refractivity contribution in [2.75, 3.05) is 0 Å². The summed E-state index contributed by atoms with van der Waals surface area (Å²) in [6.45, 7) is 6.24. The zero-order chi connectivity index (χ0) is 14.4. The molecule has 1 aromatic rings. The van der Waals surface area contributed by atoms with Gasteiger partial charge in [-0.1, -0.05) is 38.1 Å². The fraction of sp³-hybridized carbons (Fsp3) is 0.438. The molecule has 2 unspecified atom stereocenters. The highest BCUT2D eigenvalue weighted by molar-refractivity contribution is 5.82. The number of terminal acetylenes is 1. The van der Waals surface area contributed by atoms with Crippen LogP contribution in [0.2, 0.25) is 0 Å². The van der Waals surface area contributed by atoms with Gasteiger partial charge in [0.05, 0.1) is 12.1 Å². The van der Waals surface area contributed by atoms with Crippen LogP contribution in [0.25, 0.3) is 0 Å². The molecule has 0 aromatic heterocycles. The van der Waals surface area contributed by atoms with Crippen molar-refractivity contribution in [1.82, 2.24) is 5.32 Å². The summed E-state index contributed by atoms with van der Waals surface area (Å²) in [4.78, 5) is 11.8. The fourth-order valence-electron chi connectivity index (χ4n) is 1.79. The average Bonchev–Trinajstić information content (AvgIpc) is 2.38. The summed E-state index contributed by atoms with van der Waals surface area (Å²) >= 11 is 0. The topological polar surface area (TPSA) is 55.1 Å². The number of hydrogen-bond donors (Lipinski definition) is 2. The van der Waals surface area contributed by atoms with Crippen LogP contribution in [0, 0.1) is 12.3 Å². The molecule has 0 aliphatic heterocycles. The van der Waals surface area contributed by atoms with Gasteiger partial charge in [0.2, 0.25) is 5.91 Å². The molecule has 0 heterocycles. The molecule has 0 saturated carbocycles. The third kappa shape index (κ3) is 4.42. The number of nitrogens with one attached hydrogen (secondary N) is 1. The summed E-state index contributed by atoms with van der Waals surface area (Å²) in [5.74, 6) is 2.69. The summed E-state index contributed by atoms with van der Waals surface area (Å²) < 4.78 is 0. The quantitative estimate of drug-likeness (QED) is 0.796. The lowest BCUT2D eigenvalue weighted by Gasteiger charge is -2.17. The molecule has 0 bridgehead atoms. The number of benzene rings is 1. The van der Waals surface area contributed by atoms with E-state index in [0.29, 0.717) is 5.92 Å². The van der Waals surface area contributed by atoms with E-state index in [0.717, 1.165) is 5.56 Å². The lowest BCUT2D eigenvalue weighted by molar-refractivity contribution is -0.122. The van der Waals surface area contributed by atoms with Crippen LogP contribution < -0.4 is 11.1 Å². The summed E-state index contributed by atoms with van der Waals surface area (Å²) in [6, 6.07) is 7.54. The Balaban J connectivity index is 2.65. The minimum atomic E-state index is -0.637. The summed E-state index contributed by atoms with van der Waals surface area (Å²) in [7, 11) is 0. The monoisotopic (exact) mass is 258 g/mol. The maximum Gasteiger partial charge on any atom is 0.238 e. The molecule has 0 fully saturated rings. The van der Waals surface area contributed by atoms with Crippen molar-refractivity contribution in [3.8, 4) is 12.3 Å². The molecule has 3 heteroatoms. The Morgan fingerprint density at radius 3 is 2.26 bits per heavy atom. The smallest absolute Gasteiger partial charge is 0.238 e. The molecule has 0 aliphatic carbocycles. The van der Waals surface area contributed by atoms with Crippen LogP contribution >= 0.6 is 0 Å². The van der Waals surface area contributed by atoms with Crippen LogP contribution in [0.1, 0.15) is 50.3 Å². The number of rotatable bonds is 5. The molecule has 2 atom stereocenters. The molecule has 1 rings (SSSR count). The van der Waals surface area contributed by atoms with Gasteiger partial charge in [0.25, 0.3) is 0 Å². The van der Waals surface area contributed by atoms with Gasteiger partial charge in [-0.3, -0.25) is 4.79 Å². The number of carbonyl (C=O) groups is 1. The van der Waals surface area contributed by atoms with Crippen LogP contribution in [-0.4, -0.2) is 11.9 Å². The van der Waals surface area contributed by atoms with Gasteiger partial charge in [-0.05, 0) is 24.0 Å². The molecule has 3 N–H and O–H groups in total. The maximum atomic E-state index is 11.8. The van der Waals surface area contributed by atoms with E-state index in [1.165, 1.54) is 5.56 Å². The van der Waals surface area contributed by atoms with Crippen LogP contribution in [0.4, 0.5) is 0 Å². The van der Waals surface area contributed by atoms with Gasteiger partial charge in [-0.2, -0.15) is 0 Å². The van der Waals surface area contributed by atoms with E-state index in [9.17, 15) is 4.79 Å². The Hall–Kier alpha value is -1.79. The molecule has 0 aliphatic rings. The molecule has 1 aromatic carbocycles. The van der Waals surface area contributed by atoms with Crippen molar-refractivity contribution in [3.05, 3.63) is 35.4 Å². The van der Waals surface area contributed by atoms with Crippen LogP contribution in [0.3, 0.4) is 0 Å². The molecule has 19 heavy (non-hydrogen) atoms. The summed E-state index contributed by atoms with van der Waals surface area (Å²) in [5.41, 5.74) is 8.01. The molecule has 102 valence electrons. The zero-order valence-electron chi connectivity index (χ0n) is 11.8. The third-order valence-electron chi connectivity index (χ3n) is 3.14. The number of amides is 1. The Kier molecular flexibility index (Phi) is 5.59.